The molecule has 0 fully saturated rings. The third kappa shape index (κ3) is 2.78. The highest BCUT2D eigenvalue weighted by atomic mass is 16.5. The van der Waals surface area contributed by atoms with Gasteiger partial charge in [-0.15, -0.1) is 0 Å². The monoisotopic (exact) mass is 530 g/mol. The Morgan fingerprint density at radius 2 is 1.90 bits per heavy atom. The molecule has 0 spiro atoms. The van der Waals surface area contributed by atoms with E-state index in [1.54, 1.807) is 18.2 Å². The number of hydrogen-bond donors (Lipinski definition) is 1. The van der Waals surface area contributed by atoms with Gasteiger partial charge in [0.25, 0.3) is 0 Å². The van der Waals surface area contributed by atoms with Crippen LogP contribution in [0, 0.1) is 0 Å². The number of carbonyl (C=O) groups is 2. The van der Waals surface area contributed by atoms with Gasteiger partial charge in [-0.1, -0.05) is 38.1 Å². The molecule has 0 amide bonds. The van der Waals surface area contributed by atoms with Crippen molar-refractivity contribution >= 4 is 28.3 Å². The highest BCUT2D eigenvalue weighted by Crippen LogP contribution is 2.60. The summed E-state index contributed by atoms with van der Waals surface area (Å²) in [4.78, 5) is 26.7. The fourth-order valence-electron chi connectivity index (χ4n) is 8.07. The van der Waals surface area contributed by atoms with Gasteiger partial charge in [0.15, 0.2) is 5.78 Å². The van der Waals surface area contributed by atoms with E-state index in [9.17, 15) is 14.7 Å². The molecule has 2 aromatic carbocycles. The molecule has 4 heterocycles. The molecular weight excluding hydrogens is 500 g/mol. The maximum atomic E-state index is 12.4. The van der Waals surface area contributed by atoms with Crippen LogP contribution in [-0.2, 0) is 32.2 Å². The minimum atomic E-state index is -0.826. The highest BCUT2D eigenvalue weighted by Gasteiger charge is 2.52. The summed E-state index contributed by atoms with van der Waals surface area (Å²) >= 11 is 0. The number of carbonyl (C=O) groups excluding carboxylic acids is 1. The standard InChI is InChI=1S/C34H30N2O4/c1-33(2)23-16-24-26(15-21(23)31-30(33)20-7-5-6-8-25(20)35(31)4)36-12-11-27-22(32(36)34(24,3)17-29(38)39)13-18-9-10-19(37)14-28(18)40-27/h5-10,13-16,27H,11-12,17H2,1-4H3,(H,38,39). The molecular formula is C34H30N2O4. The Morgan fingerprint density at radius 1 is 1.10 bits per heavy atom. The smallest absolute Gasteiger partial charge is 0.304 e. The number of ketones is 1. The Hall–Kier alpha value is -4.32. The summed E-state index contributed by atoms with van der Waals surface area (Å²) in [6.45, 7) is 7.37. The summed E-state index contributed by atoms with van der Waals surface area (Å²) in [6.07, 6.45) is 7.54. The van der Waals surface area contributed by atoms with Crippen molar-refractivity contribution in [1.29, 1.82) is 0 Å². The summed E-state index contributed by atoms with van der Waals surface area (Å²) in [7, 11) is 2.14. The van der Waals surface area contributed by atoms with Crippen molar-refractivity contribution in [2.45, 2.75) is 50.5 Å². The van der Waals surface area contributed by atoms with Gasteiger partial charge in [0.1, 0.15) is 11.9 Å². The van der Waals surface area contributed by atoms with Crippen molar-refractivity contribution in [2.75, 3.05) is 11.4 Å². The second-order valence-corrected chi connectivity index (χ2v) is 12.4. The normalized spacial score (nSPS) is 24.9. The topological polar surface area (TPSA) is 71.8 Å². The minimum absolute atomic E-state index is 0.0165. The number of rotatable bonds is 2. The average Bonchev–Trinajstić information content (AvgIpc) is 3.44. The number of fused-ring (bicyclic) bond motifs is 10. The van der Waals surface area contributed by atoms with E-state index in [4.69, 9.17) is 4.74 Å². The van der Waals surface area contributed by atoms with E-state index < -0.39 is 11.4 Å². The van der Waals surface area contributed by atoms with Crippen molar-refractivity contribution in [3.05, 3.63) is 100.0 Å². The molecule has 40 heavy (non-hydrogen) atoms. The first-order valence-electron chi connectivity index (χ1n) is 13.9. The third-order valence-electron chi connectivity index (χ3n) is 9.78. The van der Waals surface area contributed by atoms with Crippen LogP contribution in [0.25, 0.3) is 22.2 Å². The molecule has 2 atom stereocenters. The zero-order valence-corrected chi connectivity index (χ0v) is 23.0. The number of carboxylic acids is 1. The Labute approximate surface area is 232 Å². The van der Waals surface area contributed by atoms with Crippen LogP contribution in [0.5, 0.6) is 0 Å². The van der Waals surface area contributed by atoms with E-state index in [0.29, 0.717) is 5.76 Å². The van der Waals surface area contributed by atoms with Crippen LogP contribution in [0.3, 0.4) is 0 Å². The van der Waals surface area contributed by atoms with E-state index >= 15 is 0 Å². The molecule has 2 unspecified atom stereocenters. The lowest BCUT2D eigenvalue weighted by Gasteiger charge is -2.40. The zero-order chi connectivity index (χ0) is 27.7. The van der Waals surface area contributed by atoms with E-state index in [1.807, 2.05) is 0 Å². The van der Waals surface area contributed by atoms with E-state index in [-0.39, 0.29) is 23.7 Å². The molecule has 3 aliphatic heterocycles. The Morgan fingerprint density at radius 3 is 2.70 bits per heavy atom. The largest absolute Gasteiger partial charge is 0.485 e. The predicted molar refractivity (Wildman–Crippen MR) is 154 cm³/mol. The molecule has 6 nitrogen and oxygen atoms in total. The zero-order valence-electron chi connectivity index (χ0n) is 23.0. The lowest BCUT2D eigenvalue weighted by atomic mass is 9.73. The SMILES string of the molecule is Cn1c2c(c3ccccc31)C(C)(C)c1cc3c(cc1-2)N1CCC2OC4=CC(=O)C=CC4=CC2=C1C3(C)CC(=O)O. The maximum absolute atomic E-state index is 12.4. The first-order valence-corrected chi connectivity index (χ1v) is 13.9. The number of anilines is 1. The number of ether oxygens (including phenoxy) is 1. The molecule has 0 saturated carbocycles. The molecule has 1 N–H and O–H groups in total. The van der Waals surface area contributed by atoms with Gasteiger partial charge in [-0.05, 0) is 54.0 Å². The van der Waals surface area contributed by atoms with Crippen molar-refractivity contribution in [3.8, 4) is 11.3 Å². The minimum Gasteiger partial charge on any atom is -0.485 e. The number of hydrogen-bond acceptors (Lipinski definition) is 4. The van der Waals surface area contributed by atoms with Crippen LogP contribution in [0.4, 0.5) is 5.69 Å². The first kappa shape index (κ1) is 23.6. The van der Waals surface area contributed by atoms with Crippen molar-refractivity contribution in [1.82, 2.24) is 4.57 Å². The average molecular weight is 531 g/mol. The molecule has 1 aromatic heterocycles. The number of benzene rings is 2. The first-order chi connectivity index (χ1) is 19.1. The van der Waals surface area contributed by atoms with Crippen LogP contribution < -0.4 is 4.90 Å². The number of para-hydroxylation sites is 1. The predicted octanol–water partition coefficient (Wildman–Crippen LogP) is 6.04. The van der Waals surface area contributed by atoms with E-state index in [1.165, 1.54) is 33.3 Å². The fourth-order valence-corrected chi connectivity index (χ4v) is 8.07. The highest BCUT2D eigenvalue weighted by molar-refractivity contribution is 6.02. The summed E-state index contributed by atoms with van der Waals surface area (Å²) in [5.74, 6) is -0.294. The summed E-state index contributed by atoms with van der Waals surface area (Å²) in [5, 5.41) is 11.4. The van der Waals surface area contributed by atoms with Crippen LogP contribution in [0.2, 0.25) is 0 Å². The van der Waals surface area contributed by atoms with Gasteiger partial charge in [0.2, 0.25) is 0 Å². The third-order valence-corrected chi connectivity index (χ3v) is 9.78. The van der Waals surface area contributed by atoms with Gasteiger partial charge in [0.05, 0.1) is 12.1 Å². The molecule has 5 aliphatic rings. The van der Waals surface area contributed by atoms with Gasteiger partial charge >= 0.3 is 5.97 Å². The lowest BCUT2D eigenvalue weighted by Crippen LogP contribution is -2.41. The van der Waals surface area contributed by atoms with Gasteiger partial charge < -0.3 is 19.3 Å². The quantitative estimate of drug-likeness (QED) is 0.437. The van der Waals surface area contributed by atoms with Crippen molar-refractivity contribution < 1.29 is 19.4 Å². The van der Waals surface area contributed by atoms with Gasteiger partial charge in [-0.25, -0.2) is 0 Å². The molecule has 200 valence electrons. The van der Waals surface area contributed by atoms with Gasteiger partial charge in [-0.2, -0.15) is 0 Å². The molecule has 8 rings (SSSR count). The van der Waals surface area contributed by atoms with Crippen LogP contribution in [-0.4, -0.2) is 34.1 Å². The van der Waals surface area contributed by atoms with Crippen LogP contribution in [0.15, 0.2) is 83.3 Å². The molecule has 0 bridgehead atoms. The second-order valence-electron chi connectivity index (χ2n) is 12.4. The van der Waals surface area contributed by atoms with Crippen LogP contribution >= 0.6 is 0 Å². The molecule has 0 radical (unpaired) electrons. The van der Waals surface area contributed by atoms with E-state index in [0.717, 1.165) is 41.1 Å². The lowest BCUT2D eigenvalue weighted by molar-refractivity contribution is -0.138. The number of aromatic nitrogens is 1. The summed E-state index contributed by atoms with van der Waals surface area (Å²) in [5.41, 5.74) is 10.4. The van der Waals surface area contributed by atoms with E-state index in [2.05, 4.69) is 79.8 Å². The van der Waals surface area contributed by atoms with Gasteiger partial charge in [-0.3, -0.25) is 9.59 Å². The number of aliphatic carboxylic acids is 1. The number of nitrogens with zero attached hydrogens (tertiary/aromatic N) is 2. The second kappa shape index (κ2) is 7.45. The maximum Gasteiger partial charge on any atom is 0.304 e. The number of carboxylic acid groups (broad SMARTS) is 1. The number of aryl methyl sites for hydroxylation is 1. The Bertz CT molecular complexity index is 1860. The van der Waals surface area contributed by atoms with Crippen LogP contribution in [0.1, 0.15) is 50.3 Å². The van der Waals surface area contributed by atoms with Gasteiger partial charge in [0, 0.05) is 75.9 Å². The van der Waals surface area contributed by atoms with Crippen molar-refractivity contribution in [2.24, 2.45) is 7.05 Å². The Kier molecular flexibility index (Phi) is 4.39. The molecule has 3 aromatic rings. The molecule has 0 saturated heterocycles. The molecule has 6 heteroatoms. The summed E-state index contributed by atoms with van der Waals surface area (Å²) < 4.78 is 8.68. The summed E-state index contributed by atoms with van der Waals surface area (Å²) in [6, 6.07) is 13.2. The number of allylic oxidation sites excluding steroid dienone is 4. The fraction of sp³-hybridized carbons (Fsp3) is 0.294. The molecule has 2 aliphatic carbocycles. The van der Waals surface area contributed by atoms with Crippen molar-refractivity contribution in [3.63, 3.8) is 0 Å². The Balaban J connectivity index is 1.40.